The van der Waals surface area contributed by atoms with Crippen molar-refractivity contribution in [2.75, 3.05) is 58.5 Å². The predicted octanol–water partition coefficient (Wildman–Crippen LogP) is 3.81. The fraction of sp³-hybridized carbons (Fsp3) is 0.583. The summed E-state index contributed by atoms with van der Waals surface area (Å²) in [5, 5.41) is 7.91. The minimum atomic E-state index is 0. The number of hydrogen-bond donors (Lipinski definition) is 2. The van der Waals surface area contributed by atoms with E-state index in [0.29, 0.717) is 12.5 Å². The van der Waals surface area contributed by atoms with Crippen molar-refractivity contribution in [3.63, 3.8) is 0 Å². The van der Waals surface area contributed by atoms with Gasteiger partial charge in [0.25, 0.3) is 0 Å². The van der Waals surface area contributed by atoms with Crippen LogP contribution in [-0.2, 0) is 16.0 Å². The number of nitrogens with zero attached hydrogens (tertiary/aromatic N) is 3. The summed E-state index contributed by atoms with van der Waals surface area (Å²) in [4.78, 5) is 11.6. The maximum Gasteiger partial charge on any atom is 0.191 e. The molecule has 7 nitrogen and oxygen atoms in total. The van der Waals surface area contributed by atoms with Crippen LogP contribution in [0.2, 0.25) is 0 Å². The Morgan fingerprint density at radius 3 is 2.75 bits per heavy atom. The molecular weight excluding hydrogens is 517 g/mol. The van der Waals surface area contributed by atoms with Gasteiger partial charge in [-0.05, 0) is 49.8 Å². The molecule has 1 fully saturated rings. The molecular formula is C24H38IN5O2. The van der Waals surface area contributed by atoms with Gasteiger partial charge in [0.05, 0.1) is 12.1 Å². The molecule has 1 saturated heterocycles. The maximum atomic E-state index is 5.86. The van der Waals surface area contributed by atoms with Gasteiger partial charge in [-0.1, -0.05) is 18.2 Å². The average Bonchev–Trinajstić information content (AvgIpc) is 2.79. The van der Waals surface area contributed by atoms with Crippen LogP contribution in [0.5, 0.6) is 0 Å². The number of aliphatic imine (C=N–C) groups is 1. The Morgan fingerprint density at radius 1 is 1.22 bits per heavy atom. The molecule has 1 aromatic carbocycles. The largest absolute Gasteiger partial charge is 0.381 e. The first kappa shape index (κ1) is 26.6. The second kappa shape index (κ2) is 14.5. The molecule has 178 valence electrons. The van der Waals surface area contributed by atoms with Crippen LogP contribution in [-0.4, -0.2) is 64.6 Å². The number of fused-ring (bicyclic) bond motifs is 1. The summed E-state index contributed by atoms with van der Waals surface area (Å²) in [6.45, 7) is 7.71. The summed E-state index contributed by atoms with van der Waals surface area (Å²) in [6.07, 6.45) is 3.19. The number of hydrogen-bond acceptors (Lipinski definition) is 5. The van der Waals surface area contributed by atoms with E-state index in [4.69, 9.17) is 19.5 Å². The Labute approximate surface area is 209 Å². The lowest BCUT2D eigenvalue weighted by Crippen LogP contribution is -2.38. The highest BCUT2D eigenvalue weighted by Crippen LogP contribution is 2.22. The van der Waals surface area contributed by atoms with E-state index in [1.165, 1.54) is 5.56 Å². The van der Waals surface area contributed by atoms with Crippen LogP contribution in [0.4, 0.5) is 5.82 Å². The van der Waals surface area contributed by atoms with Gasteiger partial charge in [0.2, 0.25) is 0 Å². The van der Waals surface area contributed by atoms with E-state index in [-0.39, 0.29) is 24.0 Å². The minimum Gasteiger partial charge on any atom is -0.381 e. The van der Waals surface area contributed by atoms with Crippen LogP contribution in [0.25, 0.3) is 10.9 Å². The topological polar surface area (TPSA) is 71.0 Å². The number of aromatic nitrogens is 1. The zero-order valence-corrected chi connectivity index (χ0v) is 21.9. The highest BCUT2D eigenvalue weighted by molar-refractivity contribution is 14.0. The standard InChI is InChI=1S/C24H37N5O2.HI/c1-4-25-24(26-12-7-13-31-18-19-10-14-30-15-11-19)27-17-20-16-23(29(2)3)28-22-9-6-5-8-21(20)22;/h5-6,8-9,16,19H,4,7,10-15,17-18H2,1-3H3,(H2,25,26,27);1H. The van der Waals surface area contributed by atoms with Gasteiger partial charge < -0.3 is 25.0 Å². The number of halogens is 1. The molecule has 32 heavy (non-hydrogen) atoms. The molecule has 2 heterocycles. The normalized spacial score (nSPS) is 14.8. The van der Waals surface area contributed by atoms with Crippen molar-refractivity contribution in [3.05, 3.63) is 35.9 Å². The third-order valence-corrected chi connectivity index (χ3v) is 5.45. The van der Waals surface area contributed by atoms with Gasteiger partial charge in [0.15, 0.2) is 5.96 Å². The molecule has 8 heteroatoms. The number of anilines is 1. The third-order valence-electron chi connectivity index (χ3n) is 5.45. The van der Waals surface area contributed by atoms with Gasteiger partial charge in [-0.3, -0.25) is 0 Å². The predicted molar refractivity (Wildman–Crippen MR) is 143 cm³/mol. The number of ether oxygens (including phenoxy) is 2. The first-order valence-corrected chi connectivity index (χ1v) is 11.4. The Hall–Kier alpha value is -1.65. The second-order valence-corrected chi connectivity index (χ2v) is 8.16. The lowest BCUT2D eigenvalue weighted by molar-refractivity contribution is 0.0203. The summed E-state index contributed by atoms with van der Waals surface area (Å²) in [6, 6.07) is 10.4. The number of benzene rings is 1. The van der Waals surface area contributed by atoms with Gasteiger partial charge in [-0.15, -0.1) is 24.0 Å². The van der Waals surface area contributed by atoms with Gasteiger partial charge in [-0.25, -0.2) is 9.98 Å². The molecule has 2 aromatic rings. The molecule has 0 bridgehead atoms. The molecule has 0 saturated carbocycles. The molecule has 0 radical (unpaired) electrons. The van der Waals surface area contributed by atoms with Crippen LogP contribution < -0.4 is 15.5 Å². The number of pyridine rings is 1. The van der Waals surface area contributed by atoms with Gasteiger partial charge in [0.1, 0.15) is 5.82 Å². The highest BCUT2D eigenvalue weighted by Gasteiger charge is 2.13. The Bertz CT molecular complexity index is 840. The zero-order chi connectivity index (χ0) is 21.9. The van der Waals surface area contributed by atoms with E-state index < -0.39 is 0 Å². The molecule has 0 amide bonds. The molecule has 2 N–H and O–H groups in total. The molecule has 0 unspecified atom stereocenters. The lowest BCUT2D eigenvalue weighted by atomic mass is 10.0. The van der Waals surface area contributed by atoms with Crippen LogP contribution in [0.3, 0.4) is 0 Å². The van der Waals surface area contributed by atoms with Crippen LogP contribution in [0.15, 0.2) is 35.3 Å². The molecule has 3 rings (SSSR count). The molecule has 1 aromatic heterocycles. The average molecular weight is 556 g/mol. The quantitative estimate of drug-likeness (QED) is 0.201. The van der Waals surface area contributed by atoms with Crippen molar-refractivity contribution < 1.29 is 9.47 Å². The molecule has 1 aliphatic rings. The SMILES string of the molecule is CCNC(=NCc1cc(N(C)C)nc2ccccc12)NCCCOCC1CCOCC1.I. The Balaban J connectivity index is 0.00000363. The van der Waals surface area contributed by atoms with E-state index in [9.17, 15) is 0 Å². The summed E-state index contributed by atoms with van der Waals surface area (Å²) in [5.41, 5.74) is 2.17. The number of nitrogens with one attached hydrogen (secondary N) is 2. The first-order valence-electron chi connectivity index (χ1n) is 11.4. The van der Waals surface area contributed by atoms with E-state index in [0.717, 1.165) is 81.5 Å². The number of para-hydroxylation sites is 1. The van der Waals surface area contributed by atoms with E-state index >= 15 is 0 Å². The molecule has 1 aliphatic heterocycles. The number of guanidine groups is 1. The third kappa shape index (κ3) is 8.37. The smallest absolute Gasteiger partial charge is 0.191 e. The van der Waals surface area contributed by atoms with Crippen molar-refractivity contribution >= 4 is 46.7 Å². The first-order chi connectivity index (χ1) is 15.2. The van der Waals surface area contributed by atoms with Crippen LogP contribution in [0, 0.1) is 5.92 Å². The fourth-order valence-electron chi connectivity index (χ4n) is 3.64. The summed E-state index contributed by atoms with van der Waals surface area (Å²) < 4.78 is 11.3. The van der Waals surface area contributed by atoms with E-state index in [1.807, 2.05) is 25.1 Å². The van der Waals surface area contributed by atoms with Gasteiger partial charge >= 0.3 is 0 Å². The Morgan fingerprint density at radius 2 is 2.00 bits per heavy atom. The minimum absolute atomic E-state index is 0. The van der Waals surface area contributed by atoms with Crippen molar-refractivity contribution in [2.45, 2.75) is 32.7 Å². The van der Waals surface area contributed by atoms with Crippen LogP contribution in [0.1, 0.15) is 31.7 Å². The highest BCUT2D eigenvalue weighted by atomic mass is 127. The van der Waals surface area contributed by atoms with Crippen molar-refractivity contribution in [3.8, 4) is 0 Å². The molecule has 0 atom stereocenters. The monoisotopic (exact) mass is 555 g/mol. The summed E-state index contributed by atoms with van der Waals surface area (Å²) >= 11 is 0. The summed E-state index contributed by atoms with van der Waals surface area (Å²) in [7, 11) is 4.03. The number of rotatable bonds is 10. The lowest BCUT2D eigenvalue weighted by Gasteiger charge is -2.21. The van der Waals surface area contributed by atoms with Crippen LogP contribution >= 0.6 is 24.0 Å². The maximum absolute atomic E-state index is 5.86. The van der Waals surface area contributed by atoms with E-state index in [2.05, 4.69) is 41.8 Å². The van der Waals surface area contributed by atoms with Gasteiger partial charge in [0, 0.05) is 59.0 Å². The Kier molecular flexibility index (Phi) is 12.0. The van der Waals surface area contributed by atoms with Gasteiger partial charge in [-0.2, -0.15) is 0 Å². The zero-order valence-electron chi connectivity index (χ0n) is 19.6. The fourth-order valence-corrected chi connectivity index (χ4v) is 3.64. The van der Waals surface area contributed by atoms with E-state index in [1.54, 1.807) is 0 Å². The molecule has 0 aliphatic carbocycles. The van der Waals surface area contributed by atoms with Crippen molar-refractivity contribution in [1.82, 2.24) is 15.6 Å². The van der Waals surface area contributed by atoms with Crippen molar-refractivity contribution in [2.24, 2.45) is 10.9 Å². The van der Waals surface area contributed by atoms with Crippen molar-refractivity contribution in [1.29, 1.82) is 0 Å². The summed E-state index contributed by atoms with van der Waals surface area (Å²) in [5.74, 6) is 2.44. The second-order valence-electron chi connectivity index (χ2n) is 8.16. The molecule has 0 spiro atoms.